The van der Waals surface area contributed by atoms with Gasteiger partial charge in [0, 0.05) is 38.0 Å². The molecular weight excluding hydrogens is 778 g/mol. The van der Waals surface area contributed by atoms with Gasteiger partial charge in [-0.05, 0) is 44.4 Å². The smallest absolute Gasteiger partial charge is 0.332 e. The lowest BCUT2D eigenvalue weighted by molar-refractivity contribution is -0.338. The number of aliphatic hydroxyl groups is 6. The van der Waals surface area contributed by atoms with Gasteiger partial charge in [0.2, 0.25) is 17.7 Å². The van der Waals surface area contributed by atoms with Crippen LogP contribution in [0.2, 0.25) is 0 Å². The predicted octanol–water partition coefficient (Wildman–Crippen LogP) is -0.947. The third kappa shape index (κ3) is 13.0. The van der Waals surface area contributed by atoms with Crippen LogP contribution in [0.25, 0.3) is 0 Å². The number of hydrogen-bond acceptors (Lipinski definition) is 15. The van der Waals surface area contributed by atoms with Gasteiger partial charge in [0.25, 0.3) is 0 Å². The third-order valence-corrected chi connectivity index (χ3v) is 12.4. The van der Waals surface area contributed by atoms with Crippen LogP contribution in [0.3, 0.4) is 0 Å². The van der Waals surface area contributed by atoms with Crippen molar-refractivity contribution in [3.05, 3.63) is 0 Å². The lowest BCUT2D eigenvalue weighted by atomic mass is 9.75. The molecule has 340 valence electrons. The molecule has 4 aliphatic rings. The zero-order chi connectivity index (χ0) is 43.6. The summed E-state index contributed by atoms with van der Waals surface area (Å²) in [5, 5.41) is 81.5. The second kappa shape index (κ2) is 22.5. The highest BCUT2D eigenvalue weighted by Gasteiger charge is 2.53. The Kier molecular flexibility index (Phi) is 18.7. The molecule has 0 spiro atoms. The Hall–Kier alpha value is -2.56. The summed E-state index contributed by atoms with van der Waals surface area (Å²) in [7, 11) is 0. The van der Waals surface area contributed by atoms with Crippen LogP contribution in [0.4, 0.5) is 0 Å². The number of carboxylic acid groups (broad SMARTS) is 1. The molecule has 59 heavy (non-hydrogen) atoms. The van der Waals surface area contributed by atoms with Gasteiger partial charge in [-0.1, -0.05) is 59.3 Å². The zero-order valence-electron chi connectivity index (χ0n) is 34.9. The van der Waals surface area contributed by atoms with Crippen molar-refractivity contribution in [1.29, 1.82) is 0 Å². The number of rotatable bonds is 19. The zero-order valence-corrected chi connectivity index (χ0v) is 34.9. The van der Waals surface area contributed by atoms with Gasteiger partial charge in [-0.25, -0.2) is 4.79 Å². The van der Waals surface area contributed by atoms with Crippen LogP contribution in [0.15, 0.2) is 0 Å². The summed E-state index contributed by atoms with van der Waals surface area (Å²) in [5.41, 5.74) is -0.813. The lowest BCUT2D eigenvalue weighted by Crippen LogP contribution is -2.67. The lowest BCUT2D eigenvalue weighted by Gasteiger charge is -2.49. The van der Waals surface area contributed by atoms with Gasteiger partial charge in [0.1, 0.15) is 42.7 Å². The van der Waals surface area contributed by atoms with E-state index < -0.39 is 115 Å². The number of hydrogen-bond donors (Lipinski definition) is 10. The number of carbonyl (C=O) groups is 4. The van der Waals surface area contributed by atoms with Gasteiger partial charge in [0.15, 0.2) is 18.7 Å². The van der Waals surface area contributed by atoms with Crippen molar-refractivity contribution >= 4 is 23.7 Å². The van der Waals surface area contributed by atoms with E-state index in [-0.39, 0.29) is 63.1 Å². The highest BCUT2D eigenvalue weighted by molar-refractivity contribution is 5.82. The molecule has 0 aromatic heterocycles. The molecule has 0 bridgehead atoms. The minimum Gasteiger partial charge on any atom is -0.479 e. The molecule has 19 heteroatoms. The molecule has 11 unspecified atom stereocenters. The van der Waals surface area contributed by atoms with Gasteiger partial charge < -0.3 is 75.4 Å². The summed E-state index contributed by atoms with van der Waals surface area (Å²) < 4.78 is 31.0. The number of ether oxygens (including phenoxy) is 5. The van der Waals surface area contributed by atoms with Crippen LogP contribution < -0.4 is 16.0 Å². The minimum atomic E-state index is -1.67. The Labute approximate surface area is 345 Å². The van der Waals surface area contributed by atoms with Crippen molar-refractivity contribution in [1.82, 2.24) is 16.0 Å². The number of nitrogens with one attached hydrogen (secondary N) is 3. The van der Waals surface area contributed by atoms with E-state index in [0.717, 1.165) is 32.1 Å². The standard InChI is InChI=1S/C40H69N3O16/c1-6-23-17-24(35(51)41-13-14-42-39(54)40(4,5)12-15-44)18-25(33(23)59-38-32(50)31(49)29(47)20(2)55-38)57-37-28(43-21(3)46)34(30(48)27(19-45)58-37)56-26(36(52)53)16-22-10-8-7-9-11-22/h20,22-34,37-38,44-45,47-50H,6-19H2,1-5H3,(H,41,51)(H,42,54)(H,43,46)(H,52,53)/t20?,23-,24?,25?,26+,27+,28?,29?,30?,31?,32?,33?,34?,37-,38?/m1/s1. The maximum atomic E-state index is 13.8. The second-order valence-electron chi connectivity index (χ2n) is 17.3. The summed E-state index contributed by atoms with van der Waals surface area (Å²) in [5.74, 6) is -3.55. The van der Waals surface area contributed by atoms with Crippen LogP contribution in [0.5, 0.6) is 0 Å². The number of amides is 3. The summed E-state index contributed by atoms with van der Waals surface area (Å²) in [6.45, 7) is 7.32. The van der Waals surface area contributed by atoms with E-state index in [4.69, 9.17) is 23.7 Å². The van der Waals surface area contributed by atoms with Gasteiger partial charge in [-0.15, -0.1) is 0 Å². The number of carboxylic acids is 1. The van der Waals surface area contributed by atoms with Crippen LogP contribution in [-0.4, -0.2) is 165 Å². The van der Waals surface area contributed by atoms with Crippen LogP contribution in [-0.2, 0) is 42.9 Å². The highest BCUT2D eigenvalue weighted by Crippen LogP contribution is 2.40. The van der Waals surface area contributed by atoms with Crippen molar-refractivity contribution in [2.75, 3.05) is 26.3 Å². The van der Waals surface area contributed by atoms with E-state index in [1.807, 2.05) is 6.92 Å². The molecule has 3 amide bonds. The number of carbonyl (C=O) groups excluding carboxylic acids is 3. The molecule has 0 aromatic carbocycles. The summed E-state index contributed by atoms with van der Waals surface area (Å²) in [6, 6.07) is -1.32. The normalized spacial score (nSPS) is 36.3. The largest absolute Gasteiger partial charge is 0.479 e. The fourth-order valence-electron chi connectivity index (χ4n) is 8.71. The molecule has 2 aliphatic carbocycles. The molecule has 2 heterocycles. The first-order valence-electron chi connectivity index (χ1n) is 21.2. The first-order chi connectivity index (χ1) is 27.9. The van der Waals surface area contributed by atoms with Crippen LogP contribution in [0, 0.1) is 23.2 Å². The van der Waals surface area contributed by atoms with Gasteiger partial charge >= 0.3 is 5.97 Å². The van der Waals surface area contributed by atoms with E-state index in [1.54, 1.807) is 13.8 Å². The topological polar surface area (TPSA) is 292 Å². The molecule has 2 aliphatic heterocycles. The third-order valence-electron chi connectivity index (χ3n) is 12.4. The Morgan fingerprint density at radius 2 is 1.53 bits per heavy atom. The molecule has 2 saturated heterocycles. The van der Waals surface area contributed by atoms with E-state index in [1.165, 1.54) is 13.8 Å². The molecule has 19 nitrogen and oxygen atoms in total. The van der Waals surface area contributed by atoms with E-state index in [9.17, 15) is 54.9 Å². The number of aliphatic hydroxyl groups excluding tert-OH is 6. The Balaban J connectivity index is 1.62. The first-order valence-corrected chi connectivity index (χ1v) is 21.2. The summed E-state index contributed by atoms with van der Waals surface area (Å²) in [6.07, 6.45) is -10.6. The van der Waals surface area contributed by atoms with Crippen molar-refractivity contribution in [2.24, 2.45) is 23.2 Å². The average Bonchev–Trinajstić information content (AvgIpc) is 3.19. The predicted molar refractivity (Wildman–Crippen MR) is 207 cm³/mol. The molecule has 15 atom stereocenters. The molecular formula is C40H69N3O16. The van der Waals surface area contributed by atoms with Crippen molar-refractivity contribution in [3.8, 4) is 0 Å². The Morgan fingerprint density at radius 3 is 2.14 bits per heavy atom. The van der Waals surface area contributed by atoms with Crippen molar-refractivity contribution < 1.29 is 78.6 Å². The molecule has 10 N–H and O–H groups in total. The monoisotopic (exact) mass is 847 g/mol. The minimum absolute atomic E-state index is 0.0175. The average molecular weight is 848 g/mol. The van der Waals surface area contributed by atoms with Crippen LogP contribution in [0.1, 0.15) is 98.8 Å². The summed E-state index contributed by atoms with van der Waals surface area (Å²) >= 11 is 0. The molecule has 0 aromatic rings. The van der Waals surface area contributed by atoms with Gasteiger partial charge in [0.05, 0.1) is 24.9 Å². The molecule has 2 saturated carbocycles. The molecule has 0 radical (unpaired) electrons. The Bertz CT molecular complexity index is 1370. The Morgan fingerprint density at radius 1 is 0.847 bits per heavy atom. The maximum Gasteiger partial charge on any atom is 0.332 e. The molecule has 4 rings (SSSR count). The van der Waals surface area contributed by atoms with Crippen molar-refractivity contribution in [3.63, 3.8) is 0 Å². The van der Waals surface area contributed by atoms with Crippen molar-refractivity contribution in [2.45, 2.75) is 178 Å². The van der Waals surface area contributed by atoms with E-state index in [0.29, 0.717) is 6.42 Å². The van der Waals surface area contributed by atoms with E-state index >= 15 is 0 Å². The summed E-state index contributed by atoms with van der Waals surface area (Å²) in [4.78, 5) is 51.7. The fraction of sp³-hybridized carbons (Fsp3) is 0.900. The molecule has 4 fully saturated rings. The van der Waals surface area contributed by atoms with Gasteiger partial charge in [-0.3, -0.25) is 14.4 Å². The fourth-order valence-corrected chi connectivity index (χ4v) is 8.71. The first kappa shape index (κ1) is 49.1. The quantitative estimate of drug-likeness (QED) is 0.0702. The number of aliphatic carboxylic acids is 1. The maximum absolute atomic E-state index is 13.8. The van der Waals surface area contributed by atoms with Gasteiger partial charge in [-0.2, -0.15) is 0 Å². The van der Waals surface area contributed by atoms with E-state index in [2.05, 4.69) is 16.0 Å². The second-order valence-corrected chi connectivity index (χ2v) is 17.3. The van der Waals surface area contributed by atoms with Crippen LogP contribution >= 0.6 is 0 Å². The highest BCUT2D eigenvalue weighted by atomic mass is 16.7. The SMILES string of the molecule is CC[C@@H]1CC(C(=O)NCCNC(=O)C(C)(C)CCO)CC(O[C@@H]2O[C@@H](CO)C(O)C(O[C@@H](CC3CCCCC3)C(=O)O)C2NC(C)=O)C1OC1OC(C)C(O)C(O)C1O.